The van der Waals surface area contributed by atoms with Gasteiger partial charge in [0.2, 0.25) is 0 Å². The zero-order chi connectivity index (χ0) is 15.0. The van der Waals surface area contributed by atoms with E-state index in [9.17, 15) is 9.18 Å². The maximum atomic E-state index is 13.5. The van der Waals surface area contributed by atoms with Crippen molar-refractivity contribution >= 4 is 5.97 Å². The molecule has 2 N–H and O–H groups in total. The second-order valence-corrected chi connectivity index (χ2v) is 5.23. The van der Waals surface area contributed by atoms with Gasteiger partial charge in [-0.2, -0.15) is 0 Å². The molecule has 0 aliphatic heterocycles. The van der Waals surface area contributed by atoms with Crippen LogP contribution in [0.1, 0.15) is 45.1 Å². The molecule has 0 bridgehead atoms. The molecule has 112 valence electrons. The summed E-state index contributed by atoms with van der Waals surface area (Å²) >= 11 is 0. The van der Waals surface area contributed by atoms with E-state index in [2.05, 4.69) is 5.32 Å². The fourth-order valence-electron chi connectivity index (χ4n) is 2.19. The molecule has 1 rings (SSSR count). The van der Waals surface area contributed by atoms with E-state index in [0.717, 1.165) is 19.3 Å². The maximum absolute atomic E-state index is 13.5. The highest BCUT2D eigenvalue weighted by Gasteiger charge is 2.18. The molecule has 2 unspecified atom stereocenters. The molecule has 2 atom stereocenters. The Kier molecular flexibility index (Phi) is 7.23. The van der Waals surface area contributed by atoms with E-state index in [4.69, 9.17) is 5.11 Å². The smallest absolute Gasteiger partial charge is 0.320 e. The number of carboxylic acids is 1. The highest BCUT2D eigenvalue weighted by Crippen LogP contribution is 2.11. The Labute approximate surface area is 120 Å². The number of nitrogens with one attached hydrogen (secondary N) is 1. The van der Waals surface area contributed by atoms with Crippen molar-refractivity contribution in [3.8, 4) is 0 Å². The Morgan fingerprint density at radius 2 is 2.05 bits per heavy atom. The number of hydrogen-bond donors (Lipinski definition) is 2. The third kappa shape index (κ3) is 5.70. The Balaban J connectivity index is 2.43. The lowest BCUT2D eigenvalue weighted by Gasteiger charge is -2.20. The summed E-state index contributed by atoms with van der Waals surface area (Å²) in [5.74, 6) is -1.00. The summed E-state index contributed by atoms with van der Waals surface area (Å²) in [6.45, 7) is 3.99. The quantitative estimate of drug-likeness (QED) is 0.729. The van der Waals surface area contributed by atoms with Crippen LogP contribution in [0.2, 0.25) is 0 Å². The van der Waals surface area contributed by atoms with Gasteiger partial charge in [0.25, 0.3) is 0 Å². The van der Waals surface area contributed by atoms with Gasteiger partial charge in [-0.3, -0.25) is 4.79 Å². The van der Waals surface area contributed by atoms with E-state index >= 15 is 0 Å². The number of rotatable bonds is 9. The zero-order valence-electron chi connectivity index (χ0n) is 12.2. The van der Waals surface area contributed by atoms with E-state index in [1.165, 1.54) is 6.07 Å². The normalized spacial score (nSPS) is 13.9. The van der Waals surface area contributed by atoms with Crippen LogP contribution in [0.25, 0.3) is 0 Å². The fraction of sp³-hybridized carbons (Fsp3) is 0.562. The predicted molar refractivity (Wildman–Crippen MR) is 78.3 cm³/mol. The van der Waals surface area contributed by atoms with Crippen molar-refractivity contribution in [1.82, 2.24) is 5.32 Å². The van der Waals surface area contributed by atoms with Crippen molar-refractivity contribution in [2.75, 3.05) is 0 Å². The lowest BCUT2D eigenvalue weighted by molar-refractivity contribution is -0.139. The topological polar surface area (TPSA) is 49.3 Å². The average Bonchev–Trinajstić information content (AvgIpc) is 2.42. The Hall–Kier alpha value is -1.42. The van der Waals surface area contributed by atoms with E-state index in [1.54, 1.807) is 12.1 Å². The highest BCUT2D eigenvalue weighted by atomic mass is 19.1. The van der Waals surface area contributed by atoms with Crippen molar-refractivity contribution in [3.63, 3.8) is 0 Å². The van der Waals surface area contributed by atoms with Crippen molar-refractivity contribution in [1.29, 1.82) is 0 Å². The predicted octanol–water partition coefficient (Wildman–Crippen LogP) is 3.38. The molecule has 20 heavy (non-hydrogen) atoms. The van der Waals surface area contributed by atoms with Crippen LogP contribution in [-0.2, 0) is 11.2 Å². The van der Waals surface area contributed by atoms with Crippen LogP contribution in [-0.4, -0.2) is 23.2 Å². The number of halogens is 1. The van der Waals surface area contributed by atoms with Crippen LogP contribution in [0.15, 0.2) is 24.3 Å². The van der Waals surface area contributed by atoms with Gasteiger partial charge in [0.05, 0.1) is 0 Å². The molecule has 1 aromatic rings. The van der Waals surface area contributed by atoms with E-state index in [-0.39, 0.29) is 11.9 Å². The van der Waals surface area contributed by atoms with Gasteiger partial charge in [0, 0.05) is 6.04 Å². The number of benzene rings is 1. The van der Waals surface area contributed by atoms with Crippen LogP contribution >= 0.6 is 0 Å². The first-order valence-electron chi connectivity index (χ1n) is 7.26. The number of carboxylic acid groups (broad SMARTS) is 1. The Morgan fingerprint density at radius 1 is 1.35 bits per heavy atom. The molecule has 0 spiro atoms. The van der Waals surface area contributed by atoms with Crippen molar-refractivity contribution in [3.05, 3.63) is 35.6 Å². The first kappa shape index (κ1) is 16.6. The van der Waals surface area contributed by atoms with E-state index in [1.807, 2.05) is 19.9 Å². The van der Waals surface area contributed by atoms with Crippen LogP contribution in [0.5, 0.6) is 0 Å². The molecule has 0 radical (unpaired) electrons. The number of hydrogen-bond acceptors (Lipinski definition) is 2. The second kappa shape index (κ2) is 8.69. The first-order chi connectivity index (χ1) is 9.54. The minimum absolute atomic E-state index is 0.0487. The molecule has 0 saturated carbocycles. The summed E-state index contributed by atoms with van der Waals surface area (Å²) in [7, 11) is 0. The van der Waals surface area contributed by atoms with Crippen LogP contribution in [0, 0.1) is 5.82 Å². The number of aryl methyl sites for hydroxylation is 1. The number of carbonyl (C=O) groups is 1. The van der Waals surface area contributed by atoms with Crippen LogP contribution < -0.4 is 5.32 Å². The van der Waals surface area contributed by atoms with Gasteiger partial charge in [0.1, 0.15) is 11.9 Å². The summed E-state index contributed by atoms with van der Waals surface area (Å²) in [6, 6.07) is 6.25. The van der Waals surface area contributed by atoms with Gasteiger partial charge in [-0.15, -0.1) is 0 Å². The molecule has 1 aromatic carbocycles. The van der Waals surface area contributed by atoms with Crippen molar-refractivity contribution in [2.24, 2.45) is 0 Å². The third-order valence-corrected chi connectivity index (χ3v) is 3.43. The van der Waals surface area contributed by atoms with E-state index in [0.29, 0.717) is 18.4 Å². The van der Waals surface area contributed by atoms with Crippen LogP contribution in [0.4, 0.5) is 4.39 Å². The SMILES string of the molecule is CCCCC(NC(C)CCc1ccccc1F)C(=O)O. The Bertz CT molecular complexity index is 423. The first-order valence-corrected chi connectivity index (χ1v) is 7.26. The van der Waals surface area contributed by atoms with Crippen molar-refractivity contribution < 1.29 is 14.3 Å². The molecule has 0 heterocycles. The summed E-state index contributed by atoms with van der Waals surface area (Å²) in [4.78, 5) is 11.1. The second-order valence-electron chi connectivity index (χ2n) is 5.23. The highest BCUT2D eigenvalue weighted by molar-refractivity contribution is 5.73. The lowest BCUT2D eigenvalue weighted by atomic mass is 10.0. The molecule has 0 aromatic heterocycles. The van der Waals surface area contributed by atoms with Crippen molar-refractivity contribution in [2.45, 2.75) is 58.0 Å². The third-order valence-electron chi connectivity index (χ3n) is 3.43. The number of unbranched alkanes of at least 4 members (excludes halogenated alkanes) is 1. The van der Waals surface area contributed by atoms with Gasteiger partial charge in [-0.05, 0) is 37.8 Å². The summed E-state index contributed by atoms with van der Waals surface area (Å²) in [5.41, 5.74) is 0.682. The molecular formula is C16H24FNO2. The molecule has 0 aliphatic rings. The standard InChI is InChI=1S/C16H24FNO2/c1-3-4-9-15(16(19)20)18-12(2)10-11-13-7-5-6-8-14(13)17/h5-8,12,15,18H,3-4,9-11H2,1-2H3,(H,19,20). The largest absolute Gasteiger partial charge is 0.480 e. The summed E-state index contributed by atoms with van der Waals surface area (Å²) in [5, 5.41) is 12.3. The van der Waals surface area contributed by atoms with E-state index < -0.39 is 12.0 Å². The molecular weight excluding hydrogens is 257 g/mol. The minimum Gasteiger partial charge on any atom is -0.480 e. The van der Waals surface area contributed by atoms with Gasteiger partial charge < -0.3 is 10.4 Å². The minimum atomic E-state index is -0.809. The number of aliphatic carboxylic acids is 1. The molecule has 0 fully saturated rings. The lowest BCUT2D eigenvalue weighted by Crippen LogP contribution is -2.42. The summed E-state index contributed by atoms with van der Waals surface area (Å²) < 4.78 is 13.5. The molecule has 4 heteroatoms. The fourth-order valence-corrected chi connectivity index (χ4v) is 2.19. The van der Waals surface area contributed by atoms with Gasteiger partial charge in [-0.25, -0.2) is 4.39 Å². The van der Waals surface area contributed by atoms with Crippen LogP contribution in [0.3, 0.4) is 0 Å². The monoisotopic (exact) mass is 281 g/mol. The maximum Gasteiger partial charge on any atom is 0.320 e. The zero-order valence-corrected chi connectivity index (χ0v) is 12.2. The van der Waals surface area contributed by atoms with Gasteiger partial charge in [0.15, 0.2) is 0 Å². The molecule has 3 nitrogen and oxygen atoms in total. The summed E-state index contributed by atoms with van der Waals surface area (Å²) in [6.07, 6.45) is 3.84. The van der Waals surface area contributed by atoms with Gasteiger partial charge >= 0.3 is 5.97 Å². The Morgan fingerprint density at radius 3 is 2.65 bits per heavy atom. The molecule has 0 aliphatic carbocycles. The molecule has 0 saturated heterocycles. The van der Waals surface area contributed by atoms with Gasteiger partial charge in [-0.1, -0.05) is 38.0 Å². The average molecular weight is 281 g/mol. The molecule has 0 amide bonds.